The molecule has 1 saturated heterocycles. The van der Waals surface area contributed by atoms with Crippen molar-refractivity contribution in [1.29, 1.82) is 0 Å². The van der Waals surface area contributed by atoms with Gasteiger partial charge in [0.2, 0.25) is 5.91 Å². The van der Waals surface area contributed by atoms with Crippen molar-refractivity contribution in [1.82, 2.24) is 4.98 Å². The summed E-state index contributed by atoms with van der Waals surface area (Å²) in [4.78, 5) is 16.9. The molecule has 1 fully saturated rings. The van der Waals surface area contributed by atoms with Crippen LogP contribution in [-0.4, -0.2) is 31.6 Å². The van der Waals surface area contributed by atoms with Crippen molar-refractivity contribution in [3.8, 4) is 0 Å². The Morgan fingerprint density at radius 1 is 1.47 bits per heavy atom. The minimum atomic E-state index is -4.59. The summed E-state index contributed by atoms with van der Waals surface area (Å²) in [6.45, 7) is 0.113. The number of hydrogen-bond donors (Lipinski definition) is 0. The molecule has 5 nitrogen and oxygen atoms in total. The average molecular weight is 327 g/mol. The van der Waals surface area contributed by atoms with Gasteiger partial charge in [-0.1, -0.05) is 23.2 Å². The van der Waals surface area contributed by atoms with Crippen LogP contribution in [0.1, 0.15) is 6.42 Å². The predicted molar refractivity (Wildman–Crippen MR) is 69.6 cm³/mol. The number of hydrogen-bond acceptors (Lipinski definition) is 4. The number of pyridine rings is 1. The Bertz CT molecular complexity index is 623. The topological polar surface area (TPSA) is 67.3 Å². The van der Waals surface area contributed by atoms with E-state index in [0.717, 1.165) is 0 Å². The first-order valence-electron chi connectivity index (χ1n) is 5.30. The van der Waals surface area contributed by atoms with Gasteiger partial charge < -0.3 is 4.90 Å². The standard InChI is InChI=1S/C10H9Cl2FN2O3S/c11-8-2-7(3-14-10(8)12)15-4-6(1-9(15)16)5-19(13,17)18/h2-3,6H,1,4-5H2. The Morgan fingerprint density at radius 2 is 2.16 bits per heavy atom. The molecule has 0 radical (unpaired) electrons. The number of aromatic nitrogens is 1. The van der Waals surface area contributed by atoms with Crippen LogP contribution in [0.25, 0.3) is 0 Å². The molecule has 104 valence electrons. The van der Waals surface area contributed by atoms with Gasteiger partial charge in [0.1, 0.15) is 5.15 Å². The molecule has 0 aromatic carbocycles. The third-order valence-corrected chi connectivity index (χ3v) is 4.29. The summed E-state index contributed by atoms with van der Waals surface area (Å²) in [6, 6.07) is 1.46. The minimum Gasteiger partial charge on any atom is -0.311 e. The molecular weight excluding hydrogens is 318 g/mol. The van der Waals surface area contributed by atoms with E-state index in [1.807, 2.05) is 0 Å². The Hall–Kier alpha value is -0.920. The van der Waals surface area contributed by atoms with Crippen molar-refractivity contribution >= 4 is 45.0 Å². The van der Waals surface area contributed by atoms with E-state index < -0.39 is 21.9 Å². The van der Waals surface area contributed by atoms with Gasteiger partial charge in [-0.2, -0.15) is 8.42 Å². The lowest BCUT2D eigenvalue weighted by Crippen LogP contribution is -2.25. The van der Waals surface area contributed by atoms with Crippen LogP contribution in [-0.2, 0) is 15.0 Å². The molecule has 0 saturated carbocycles. The third-order valence-electron chi connectivity index (χ3n) is 2.73. The fourth-order valence-corrected chi connectivity index (χ4v) is 3.03. The van der Waals surface area contributed by atoms with E-state index in [4.69, 9.17) is 23.2 Å². The molecule has 9 heteroatoms. The van der Waals surface area contributed by atoms with Crippen LogP contribution in [0.3, 0.4) is 0 Å². The van der Waals surface area contributed by atoms with Gasteiger partial charge in [-0.25, -0.2) is 4.98 Å². The molecule has 0 bridgehead atoms. The van der Waals surface area contributed by atoms with Gasteiger partial charge in [0.05, 0.1) is 22.7 Å². The van der Waals surface area contributed by atoms with Crippen LogP contribution in [0, 0.1) is 5.92 Å². The maximum atomic E-state index is 12.6. The molecule has 1 aliphatic heterocycles. The van der Waals surface area contributed by atoms with Crippen LogP contribution in [0.15, 0.2) is 12.3 Å². The molecule has 0 spiro atoms. The third kappa shape index (κ3) is 3.55. The van der Waals surface area contributed by atoms with Gasteiger partial charge in [0.25, 0.3) is 0 Å². The van der Waals surface area contributed by atoms with Crippen LogP contribution >= 0.6 is 23.2 Å². The van der Waals surface area contributed by atoms with E-state index >= 15 is 0 Å². The quantitative estimate of drug-likeness (QED) is 0.629. The Balaban J connectivity index is 2.18. The number of carbonyl (C=O) groups is 1. The molecule has 1 unspecified atom stereocenters. The highest BCUT2D eigenvalue weighted by molar-refractivity contribution is 7.86. The second-order valence-corrected chi connectivity index (χ2v) is 6.42. The van der Waals surface area contributed by atoms with Crippen LogP contribution < -0.4 is 4.90 Å². The molecule has 19 heavy (non-hydrogen) atoms. The number of nitrogens with zero attached hydrogens (tertiary/aromatic N) is 2. The molecular formula is C10H9Cl2FN2O3S. The molecule has 0 N–H and O–H groups in total. The number of carbonyl (C=O) groups excluding carboxylic acids is 1. The summed E-state index contributed by atoms with van der Waals surface area (Å²) < 4.78 is 33.8. The first kappa shape index (κ1) is 14.5. The zero-order valence-electron chi connectivity index (χ0n) is 9.51. The highest BCUT2D eigenvalue weighted by Gasteiger charge is 2.33. The molecule has 1 aliphatic rings. The van der Waals surface area contributed by atoms with Crippen LogP contribution in [0.5, 0.6) is 0 Å². The van der Waals surface area contributed by atoms with Gasteiger partial charge in [-0.3, -0.25) is 4.79 Å². The molecule has 1 atom stereocenters. The second-order valence-electron chi connectivity index (χ2n) is 4.25. The Kier molecular flexibility index (Phi) is 3.98. The number of anilines is 1. The average Bonchev–Trinajstić information content (AvgIpc) is 2.61. The fraction of sp³-hybridized carbons (Fsp3) is 0.400. The van der Waals surface area contributed by atoms with Gasteiger partial charge >= 0.3 is 10.2 Å². The summed E-state index contributed by atoms with van der Waals surface area (Å²) in [5.74, 6) is -1.53. The largest absolute Gasteiger partial charge is 0.311 e. The first-order valence-corrected chi connectivity index (χ1v) is 7.61. The monoisotopic (exact) mass is 326 g/mol. The number of rotatable bonds is 3. The van der Waals surface area contributed by atoms with Crippen molar-refractivity contribution in [2.75, 3.05) is 17.2 Å². The number of halogens is 3. The van der Waals surface area contributed by atoms with Crippen molar-refractivity contribution < 1.29 is 17.1 Å². The highest BCUT2D eigenvalue weighted by Crippen LogP contribution is 2.29. The number of amides is 1. The molecule has 1 aromatic heterocycles. The maximum Gasteiger partial charge on any atom is 0.302 e. The van der Waals surface area contributed by atoms with E-state index in [-0.39, 0.29) is 29.0 Å². The fourth-order valence-electron chi connectivity index (χ4n) is 1.98. The Morgan fingerprint density at radius 3 is 2.74 bits per heavy atom. The summed E-state index contributed by atoms with van der Waals surface area (Å²) >= 11 is 11.5. The zero-order chi connectivity index (χ0) is 14.2. The van der Waals surface area contributed by atoms with Gasteiger partial charge in [0.15, 0.2) is 0 Å². The SMILES string of the molecule is O=C1CC(CS(=O)(=O)F)CN1c1cnc(Cl)c(Cl)c1. The summed E-state index contributed by atoms with van der Waals surface area (Å²) in [5.41, 5.74) is 0.415. The van der Waals surface area contributed by atoms with E-state index in [1.165, 1.54) is 17.2 Å². The van der Waals surface area contributed by atoms with Gasteiger partial charge in [0, 0.05) is 18.9 Å². The lowest BCUT2D eigenvalue weighted by molar-refractivity contribution is -0.117. The first-order chi connectivity index (χ1) is 8.76. The maximum absolute atomic E-state index is 12.6. The van der Waals surface area contributed by atoms with Gasteiger partial charge in [-0.15, -0.1) is 3.89 Å². The molecule has 0 aliphatic carbocycles. The summed E-state index contributed by atoms with van der Waals surface area (Å²) in [5, 5.41) is 0.300. The van der Waals surface area contributed by atoms with E-state index in [0.29, 0.717) is 5.69 Å². The van der Waals surface area contributed by atoms with E-state index in [9.17, 15) is 17.1 Å². The lowest BCUT2D eigenvalue weighted by atomic mass is 10.1. The molecule has 2 rings (SSSR count). The van der Waals surface area contributed by atoms with Crippen LogP contribution in [0.2, 0.25) is 10.2 Å². The summed E-state index contributed by atoms with van der Waals surface area (Å²) in [6.07, 6.45) is 1.34. The minimum absolute atomic E-state index is 0.0244. The van der Waals surface area contributed by atoms with Gasteiger partial charge in [-0.05, 0) is 6.07 Å². The highest BCUT2D eigenvalue weighted by atomic mass is 35.5. The van der Waals surface area contributed by atoms with E-state index in [1.54, 1.807) is 0 Å². The van der Waals surface area contributed by atoms with Crippen molar-refractivity contribution in [2.24, 2.45) is 5.92 Å². The van der Waals surface area contributed by atoms with Crippen LogP contribution in [0.4, 0.5) is 9.57 Å². The predicted octanol–water partition coefficient (Wildman–Crippen LogP) is 2.04. The van der Waals surface area contributed by atoms with Crippen molar-refractivity contribution in [3.05, 3.63) is 22.4 Å². The lowest BCUT2D eigenvalue weighted by Gasteiger charge is -2.16. The van der Waals surface area contributed by atoms with Crippen molar-refractivity contribution in [3.63, 3.8) is 0 Å². The van der Waals surface area contributed by atoms with E-state index in [2.05, 4.69) is 4.98 Å². The smallest absolute Gasteiger partial charge is 0.302 e. The zero-order valence-corrected chi connectivity index (χ0v) is 11.8. The second kappa shape index (κ2) is 5.22. The summed E-state index contributed by atoms with van der Waals surface area (Å²) in [7, 11) is -4.59. The molecule has 2 heterocycles. The Labute approximate surface area is 119 Å². The molecule has 1 aromatic rings. The van der Waals surface area contributed by atoms with Crippen molar-refractivity contribution in [2.45, 2.75) is 6.42 Å². The normalized spacial score (nSPS) is 20.1. The molecule has 1 amide bonds.